The van der Waals surface area contributed by atoms with Crippen LogP contribution in [0.25, 0.3) is 0 Å². The van der Waals surface area contributed by atoms with E-state index in [-0.39, 0.29) is 32.0 Å². The minimum absolute atomic E-state index is 0. The zero-order valence-electron chi connectivity index (χ0n) is 10.9. The van der Waals surface area contributed by atoms with Gasteiger partial charge in [0, 0.05) is 22.2 Å². The number of aliphatic hydroxyl groups excluding tert-OH is 1. The average molecular weight is 357 g/mol. The molecule has 5 N–H and O–H groups in total. The van der Waals surface area contributed by atoms with Gasteiger partial charge in [0.15, 0.2) is 0 Å². The van der Waals surface area contributed by atoms with Crippen molar-refractivity contribution in [3.63, 3.8) is 0 Å². The van der Waals surface area contributed by atoms with Gasteiger partial charge in [-0.1, -0.05) is 29.3 Å². The van der Waals surface area contributed by atoms with Gasteiger partial charge >= 0.3 is 0 Å². The quantitative estimate of drug-likeness (QED) is 0.600. The van der Waals surface area contributed by atoms with E-state index in [9.17, 15) is 14.7 Å². The summed E-state index contributed by atoms with van der Waals surface area (Å²) in [7, 11) is 0. The molecule has 1 rings (SSSR count). The van der Waals surface area contributed by atoms with Crippen molar-refractivity contribution in [1.82, 2.24) is 10.6 Å². The lowest BCUT2D eigenvalue weighted by atomic mass is 10.1. The van der Waals surface area contributed by atoms with Gasteiger partial charge in [-0.15, -0.1) is 12.4 Å². The van der Waals surface area contributed by atoms with E-state index < -0.39 is 17.9 Å². The van der Waals surface area contributed by atoms with Crippen LogP contribution in [0, 0.1) is 0 Å². The minimum Gasteiger partial charge on any atom is -0.386 e. The predicted octanol–water partition coefficient (Wildman–Crippen LogP) is 0.640. The third kappa shape index (κ3) is 6.50. The number of carbonyl (C=O) groups excluding carboxylic acids is 2. The average Bonchev–Trinajstić information content (AvgIpc) is 2.42. The first kappa shape index (κ1) is 19.9. The number of hydrogen-bond acceptors (Lipinski definition) is 4. The maximum atomic E-state index is 11.4. The molecule has 0 heterocycles. The third-order valence-electron chi connectivity index (χ3n) is 2.46. The predicted molar refractivity (Wildman–Crippen MR) is 83.7 cm³/mol. The zero-order valence-corrected chi connectivity index (χ0v) is 13.3. The van der Waals surface area contributed by atoms with Crippen molar-refractivity contribution in [1.29, 1.82) is 0 Å². The second-order valence-electron chi connectivity index (χ2n) is 3.94. The molecule has 0 bridgehead atoms. The molecular formula is C12H16Cl3N3O3. The number of nitrogens with one attached hydrogen (secondary N) is 2. The fourth-order valence-electron chi connectivity index (χ4n) is 1.46. The fourth-order valence-corrected chi connectivity index (χ4v) is 2.10. The lowest BCUT2D eigenvalue weighted by Crippen LogP contribution is -2.40. The van der Waals surface area contributed by atoms with Gasteiger partial charge in [0.2, 0.25) is 11.8 Å². The van der Waals surface area contributed by atoms with E-state index in [1.807, 2.05) is 0 Å². The molecular weight excluding hydrogens is 341 g/mol. The van der Waals surface area contributed by atoms with Crippen LogP contribution in [0.5, 0.6) is 0 Å². The summed E-state index contributed by atoms with van der Waals surface area (Å²) in [5, 5.41) is 15.4. The molecule has 0 spiro atoms. The molecule has 1 unspecified atom stereocenters. The van der Waals surface area contributed by atoms with Crippen LogP contribution in [0.15, 0.2) is 18.2 Å². The van der Waals surface area contributed by atoms with Crippen molar-refractivity contribution in [2.24, 2.45) is 5.73 Å². The number of hydrogen-bond donors (Lipinski definition) is 4. The summed E-state index contributed by atoms with van der Waals surface area (Å²) in [5.74, 6) is -0.885. The SMILES string of the molecule is Cl.NCC(=O)NCC(=O)NCC(O)c1c(Cl)cccc1Cl. The first-order valence-corrected chi connectivity index (χ1v) is 6.56. The van der Waals surface area contributed by atoms with Crippen LogP contribution in [0.4, 0.5) is 0 Å². The maximum Gasteiger partial charge on any atom is 0.239 e. The summed E-state index contributed by atoms with van der Waals surface area (Å²) >= 11 is 11.9. The Bertz CT molecular complexity index is 480. The first-order chi connectivity index (χ1) is 9.45. The number of aliphatic hydroxyl groups is 1. The van der Waals surface area contributed by atoms with Crippen molar-refractivity contribution in [2.45, 2.75) is 6.10 Å². The van der Waals surface area contributed by atoms with E-state index >= 15 is 0 Å². The van der Waals surface area contributed by atoms with Gasteiger partial charge in [-0.05, 0) is 12.1 Å². The number of carbonyl (C=O) groups is 2. The topological polar surface area (TPSA) is 104 Å². The molecule has 0 aromatic heterocycles. The van der Waals surface area contributed by atoms with Gasteiger partial charge in [0.05, 0.1) is 19.2 Å². The smallest absolute Gasteiger partial charge is 0.239 e. The molecule has 1 aromatic rings. The van der Waals surface area contributed by atoms with E-state index in [0.29, 0.717) is 15.6 Å². The Morgan fingerprint density at radius 3 is 2.29 bits per heavy atom. The Morgan fingerprint density at radius 2 is 1.76 bits per heavy atom. The Hall–Kier alpha value is -1.05. The summed E-state index contributed by atoms with van der Waals surface area (Å²) in [6.45, 7) is -0.467. The molecule has 0 radical (unpaired) electrons. The van der Waals surface area contributed by atoms with Crippen LogP contribution < -0.4 is 16.4 Å². The van der Waals surface area contributed by atoms with Crippen molar-refractivity contribution < 1.29 is 14.7 Å². The minimum atomic E-state index is -1.04. The second kappa shape index (κ2) is 9.81. The lowest BCUT2D eigenvalue weighted by molar-refractivity contribution is -0.125. The number of benzene rings is 1. The van der Waals surface area contributed by atoms with Gasteiger partial charge in [0.25, 0.3) is 0 Å². The molecule has 0 saturated carbocycles. The summed E-state index contributed by atoms with van der Waals surface area (Å²) in [6, 6.07) is 4.84. The van der Waals surface area contributed by atoms with Crippen molar-refractivity contribution >= 4 is 47.4 Å². The summed E-state index contributed by atoms with van der Waals surface area (Å²) in [4.78, 5) is 22.3. The summed E-state index contributed by atoms with van der Waals surface area (Å²) < 4.78 is 0. The van der Waals surface area contributed by atoms with Crippen molar-refractivity contribution in [3.05, 3.63) is 33.8 Å². The maximum absolute atomic E-state index is 11.4. The normalized spacial score (nSPS) is 11.2. The highest BCUT2D eigenvalue weighted by Crippen LogP contribution is 2.29. The first-order valence-electron chi connectivity index (χ1n) is 5.81. The molecule has 1 atom stereocenters. The van der Waals surface area contributed by atoms with E-state index in [1.165, 1.54) is 0 Å². The lowest BCUT2D eigenvalue weighted by Gasteiger charge is -2.15. The highest BCUT2D eigenvalue weighted by atomic mass is 35.5. The van der Waals surface area contributed by atoms with Gasteiger partial charge in [0.1, 0.15) is 0 Å². The Kier molecular flexibility index (Phi) is 9.32. The molecule has 0 fully saturated rings. The van der Waals surface area contributed by atoms with Gasteiger partial charge in [-0.3, -0.25) is 9.59 Å². The highest BCUT2D eigenvalue weighted by molar-refractivity contribution is 6.36. The highest BCUT2D eigenvalue weighted by Gasteiger charge is 2.16. The zero-order chi connectivity index (χ0) is 15.1. The molecule has 0 aliphatic rings. The third-order valence-corrected chi connectivity index (χ3v) is 3.12. The molecule has 1 aromatic carbocycles. The van der Waals surface area contributed by atoms with Gasteiger partial charge in [-0.25, -0.2) is 0 Å². The Morgan fingerprint density at radius 1 is 1.19 bits per heavy atom. The van der Waals surface area contributed by atoms with Crippen LogP contribution in [0.1, 0.15) is 11.7 Å². The monoisotopic (exact) mass is 355 g/mol. The van der Waals surface area contributed by atoms with Crippen molar-refractivity contribution in [2.75, 3.05) is 19.6 Å². The summed E-state index contributed by atoms with van der Waals surface area (Å²) in [6.07, 6.45) is -1.04. The van der Waals surface area contributed by atoms with Crippen LogP contribution in [0.3, 0.4) is 0 Å². The molecule has 118 valence electrons. The van der Waals surface area contributed by atoms with Crippen LogP contribution in [-0.4, -0.2) is 36.6 Å². The van der Waals surface area contributed by atoms with E-state index in [0.717, 1.165) is 0 Å². The molecule has 21 heavy (non-hydrogen) atoms. The molecule has 0 saturated heterocycles. The molecule has 9 heteroatoms. The number of rotatable bonds is 6. The van der Waals surface area contributed by atoms with Crippen molar-refractivity contribution in [3.8, 4) is 0 Å². The summed E-state index contributed by atoms with van der Waals surface area (Å²) in [5.41, 5.74) is 5.43. The molecule has 2 amide bonds. The largest absolute Gasteiger partial charge is 0.386 e. The Balaban J connectivity index is 0.00000400. The van der Waals surface area contributed by atoms with E-state index in [1.54, 1.807) is 18.2 Å². The number of nitrogens with two attached hydrogens (primary N) is 1. The van der Waals surface area contributed by atoms with Crippen LogP contribution in [-0.2, 0) is 9.59 Å². The second-order valence-corrected chi connectivity index (χ2v) is 4.75. The molecule has 0 aliphatic carbocycles. The van der Waals surface area contributed by atoms with Crippen LogP contribution in [0.2, 0.25) is 10.0 Å². The van der Waals surface area contributed by atoms with Crippen LogP contribution >= 0.6 is 35.6 Å². The van der Waals surface area contributed by atoms with E-state index in [4.69, 9.17) is 28.9 Å². The Labute approximate surface area is 138 Å². The molecule has 6 nitrogen and oxygen atoms in total. The standard InChI is InChI=1S/C12H15Cl2N3O3.ClH/c13-7-2-1-3-8(14)12(7)9(18)5-16-11(20)6-17-10(19)4-15;/h1-3,9,18H,4-6,15H2,(H,16,20)(H,17,19);1H. The van der Waals surface area contributed by atoms with Gasteiger partial charge < -0.3 is 21.5 Å². The number of halogens is 3. The molecule has 0 aliphatic heterocycles. The van der Waals surface area contributed by atoms with Gasteiger partial charge in [-0.2, -0.15) is 0 Å². The number of amides is 2. The fraction of sp³-hybridized carbons (Fsp3) is 0.333. The van der Waals surface area contributed by atoms with E-state index in [2.05, 4.69) is 10.6 Å².